The van der Waals surface area contributed by atoms with Gasteiger partial charge >= 0.3 is 0 Å². The molecule has 1 aliphatic heterocycles. The largest absolute Gasteiger partial charge is 0.384 e. The molecule has 18 heavy (non-hydrogen) atoms. The lowest BCUT2D eigenvalue weighted by atomic mass is 9.78. The van der Waals surface area contributed by atoms with Gasteiger partial charge in [-0.1, -0.05) is 19.3 Å². The van der Waals surface area contributed by atoms with Crippen LogP contribution in [-0.4, -0.2) is 38.8 Å². The van der Waals surface area contributed by atoms with Crippen LogP contribution in [0.25, 0.3) is 0 Å². The normalized spacial score (nSPS) is 24.7. The smallest absolute Gasteiger partial charge is 0.228 e. The lowest BCUT2D eigenvalue weighted by Gasteiger charge is -2.37. The first-order valence-electron chi connectivity index (χ1n) is 7.27. The van der Waals surface area contributed by atoms with Crippen LogP contribution in [0.15, 0.2) is 0 Å². The highest BCUT2D eigenvalue weighted by Gasteiger charge is 2.40. The number of nitrogens with one attached hydrogen (secondary N) is 2. The van der Waals surface area contributed by atoms with Crippen LogP contribution in [0.4, 0.5) is 0 Å². The lowest BCUT2D eigenvalue weighted by Crippen LogP contribution is -2.52. The molecule has 0 spiro atoms. The molecule has 1 aliphatic carbocycles. The summed E-state index contributed by atoms with van der Waals surface area (Å²) in [4.78, 5) is 12.6. The molecule has 104 valence electrons. The number of rotatable bonds is 4. The molecule has 4 nitrogen and oxygen atoms in total. The molecule has 1 saturated carbocycles. The first-order valence-corrected chi connectivity index (χ1v) is 7.27. The van der Waals surface area contributed by atoms with E-state index in [0.717, 1.165) is 38.8 Å². The second-order valence-electron chi connectivity index (χ2n) is 5.77. The zero-order valence-electron chi connectivity index (χ0n) is 11.5. The highest BCUT2D eigenvalue weighted by atomic mass is 16.5. The van der Waals surface area contributed by atoms with Crippen LogP contribution in [-0.2, 0) is 9.53 Å². The minimum Gasteiger partial charge on any atom is -0.384 e. The van der Waals surface area contributed by atoms with Crippen molar-refractivity contribution in [3.8, 4) is 0 Å². The van der Waals surface area contributed by atoms with Gasteiger partial charge in [0.15, 0.2) is 0 Å². The Balaban J connectivity index is 1.94. The second-order valence-corrected chi connectivity index (χ2v) is 5.77. The molecule has 1 heterocycles. The van der Waals surface area contributed by atoms with Crippen molar-refractivity contribution >= 4 is 5.91 Å². The molecule has 0 aromatic carbocycles. The minimum absolute atomic E-state index is 0.220. The summed E-state index contributed by atoms with van der Waals surface area (Å²) < 4.78 is 5.31. The fourth-order valence-electron chi connectivity index (χ4n) is 3.20. The summed E-state index contributed by atoms with van der Waals surface area (Å²) in [5.41, 5.74) is -0.294. The van der Waals surface area contributed by atoms with Crippen LogP contribution in [0.5, 0.6) is 0 Å². The topological polar surface area (TPSA) is 50.4 Å². The molecular formula is C14H26N2O2. The number of methoxy groups -OCH3 is 1. The van der Waals surface area contributed by atoms with Crippen molar-refractivity contribution in [3.05, 3.63) is 0 Å². The zero-order valence-corrected chi connectivity index (χ0v) is 11.5. The Hall–Kier alpha value is -0.610. The summed E-state index contributed by atoms with van der Waals surface area (Å²) in [6.07, 6.45) is 7.89. The molecule has 0 radical (unpaired) electrons. The molecule has 0 atom stereocenters. The number of amides is 1. The zero-order chi connectivity index (χ0) is 12.8. The van der Waals surface area contributed by atoms with Gasteiger partial charge in [0.1, 0.15) is 0 Å². The van der Waals surface area contributed by atoms with Crippen molar-refractivity contribution in [2.45, 2.75) is 51.0 Å². The second kappa shape index (κ2) is 6.53. The number of hydrogen-bond acceptors (Lipinski definition) is 3. The summed E-state index contributed by atoms with van der Waals surface area (Å²) in [5, 5.41) is 6.59. The van der Waals surface area contributed by atoms with Crippen molar-refractivity contribution in [2.75, 3.05) is 26.8 Å². The van der Waals surface area contributed by atoms with E-state index in [1.807, 2.05) is 0 Å². The third-order valence-electron chi connectivity index (χ3n) is 4.40. The summed E-state index contributed by atoms with van der Waals surface area (Å²) in [5.74, 6) is 0.220. The Morgan fingerprint density at radius 2 is 1.94 bits per heavy atom. The lowest BCUT2D eigenvalue weighted by molar-refractivity contribution is -0.137. The SMILES string of the molecule is COCC1(C(=O)NC2CCCCC2)CCNCC1. The summed E-state index contributed by atoms with van der Waals surface area (Å²) in [6, 6.07) is 0.398. The maximum Gasteiger partial charge on any atom is 0.228 e. The summed E-state index contributed by atoms with van der Waals surface area (Å²) in [6.45, 7) is 2.39. The first-order chi connectivity index (χ1) is 8.77. The van der Waals surface area contributed by atoms with Gasteiger partial charge in [-0.05, 0) is 38.8 Å². The van der Waals surface area contributed by atoms with E-state index in [0.29, 0.717) is 12.6 Å². The molecule has 2 fully saturated rings. The standard InChI is InChI=1S/C14H26N2O2/c1-18-11-14(7-9-15-10-8-14)13(17)16-12-5-3-2-4-6-12/h12,15H,2-11H2,1H3,(H,16,17). The number of piperidine rings is 1. The maximum atomic E-state index is 12.6. The van der Waals surface area contributed by atoms with Gasteiger partial charge in [-0.2, -0.15) is 0 Å². The minimum atomic E-state index is -0.294. The van der Waals surface area contributed by atoms with E-state index in [2.05, 4.69) is 10.6 Å². The van der Waals surface area contributed by atoms with Crippen LogP contribution in [0, 0.1) is 5.41 Å². The molecule has 0 unspecified atom stereocenters. The van der Waals surface area contributed by atoms with E-state index in [1.165, 1.54) is 19.3 Å². The summed E-state index contributed by atoms with van der Waals surface area (Å²) in [7, 11) is 1.69. The molecule has 0 aromatic heterocycles. The van der Waals surface area contributed by atoms with Crippen molar-refractivity contribution in [2.24, 2.45) is 5.41 Å². The van der Waals surface area contributed by atoms with Gasteiger partial charge in [-0.25, -0.2) is 0 Å². The maximum absolute atomic E-state index is 12.6. The van der Waals surface area contributed by atoms with Gasteiger partial charge in [0, 0.05) is 13.2 Å². The van der Waals surface area contributed by atoms with Gasteiger partial charge in [0.05, 0.1) is 12.0 Å². The van der Waals surface area contributed by atoms with E-state index < -0.39 is 0 Å². The van der Waals surface area contributed by atoms with Gasteiger partial charge in [0.2, 0.25) is 5.91 Å². The number of carbonyl (C=O) groups is 1. The van der Waals surface area contributed by atoms with Gasteiger partial charge in [0.25, 0.3) is 0 Å². The van der Waals surface area contributed by atoms with Crippen LogP contribution in [0.2, 0.25) is 0 Å². The third-order valence-corrected chi connectivity index (χ3v) is 4.40. The quantitative estimate of drug-likeness (QED) is 0.798. The van der Waals surface area contributed by atoms with Crippen molar-refractivity contribution in [1.82, 2.24) is 10.6 Å². The predicted octanol–water partition coefficient (Wildman–Crippen LogP) is 1.45. The Morgan fingerprint density at radius 3 is 2.56 bits per heavy atom. The average molecular weight is 254 g/mol. The Morgan fingerprint density at radius 1 is 1.28 bits per heavy atom. The molecule has 2 aliphatic rings. The van der Waals surface area contributed by atoms with Crippen LogP contribution in [0.3, 0.4) is 0 Å². The Labute approximate surface area is 110 Å². The van der Waals surface area contributed by atoms with Gasteiger partial charge in [-0.15, -0.1) is 0 Å². The molecule has 2 N–H and O–H groups in total. The highest BCUT2D eigenvalue weighted by Crippen LogP contribution is 2.30. The predicted molar refractivity (Wildman–Crippen MR) is 71.4 cm³/mol. The van der Waals surface area contributed by atoms with Gasteiger partial charge in [-0.3, -0.25) is 4.79 Å². The highest BCUT2D eigenvalue weighted by molar-refractivity contribution is 5.83. The average Bonchev–Trinajstić information content (AvgIpc) is 2.41. The Bertz CT molecular complexity index is 263. The molecule has 1 saturated heterocycles. The molecule has 0 bridgehead atoms. The first kappa shape index (κ1) is 13.8. The summed E-state index contributed by atoms with van der Waals surface area (Å²) >= 11 is 0. The third kappa shape index (κ3) is 3.23. The number of ether oxygens (including phenoxy) is 1. The van der Waals surface area contributed by atoms with Crippen molar-refractivity contribution in [3.63, 3.8) is 0 Å². The molecule has 2 rings (SSSR count). The fourth-order valence-corrected chi connectivity index (χ4v) is 3.20. The number of carbonyl (C=O) groups excluding carboxylic acids is 1. The van der Waals surface area contributed by atoms with Crippen LogP contribution < -0.4 is 10.6 Å². The molecule has 4 heteroatoms. The van der Waals surface area contributed by atoms with E-state index in [-0.39, 0.29) is 11.3 Å². The monoisotopic (exact) mass is 254 g/mol. The van der Waals surface area contributed by atoms with Crippen LogP contribution >= 0.6 is 0 Å². The number of hydrogen-bond donors (Lipinski definition) is 2. The van der Waals surface area contributed by atoms with E-state index in [1.54, 1.807) is 7.11 Å². The van der Waals surface area contributed by atoms with E-state index in [4.69, 9.17) is 4.74 Å². The van der Waals surface area contributed by atoms with Crippen molar-refractivity contribution < 1.29 is 9.53 Å². The van der Waals surface area contributed by atoms with Crippen LogP contribution in [0.1, 0.15) is 44.9 Å². The van der Waals surface area contributed by atoms with Gasteiger partial charge < -0.3 is 15.4 Å². The molecule has 0 aromatic rings. The fraction of sp³-hybridized carbons (Fsp3) is 0.929. The Kier molecular flexibility index (Phi) is 5.01. The van der Waals surface area contributed by atoms with Crippen molar-refractivity contribution in [1.29, 1.82) is 0 Å². The molecule has 1 amide bonds. The van der Waals surface area contributed by atoms with E-state index >= 15 is 0 Å². The van der Waals surface area contributed by atoms with E-state index in [9.17, 15) is 4.79 Å². The molecular weight excluding hydrogens is 228 g/mol.